The summed E-state index contributed by atoms with van der Waals surface area (Å²) in [4.78, 5) is 12.5. The van der Waals surface area contributed by atoms with Crippen LogP contribution in [0.15, 0.2) is 85.2 Å². The number of anilines is 1. The van der Waals surface area contributed by atoms with Crippen LogP contribution in [0.1, 0.15) is 11.4 Å². The van der Waals surface area contributed by atoms with Crippen LogP contribution in [0.2, 0.25) is 0 Å². The standard InChI is InChI=1S/C23H21N5O2/c1-17-11-13-19(14-12-17)30-21-10-6-5-9-20(21)26-23(29)24-15-22-27-25-16-28(22)18-7-3-2-4-8-18/h2-14,16H,15H2,1H3,(H2,24,26,29). The summed E-state index contributed by atoms with van der Waals surface area (Å²) in [6.07, 6.45) is 1.62. The molecule has 0 radical (unpaired) electrons. The van der Waals surface area contributed by atoms with Gasteiger partial charge in [0.05, 0.1) is 12.2 Å². The first-order chi connectivity index (χ1) is 14.7. The van der Waals surface area contributed by atoms with Crippen LogP contribution in [-0.2, 0) is 6.54 Å². The van der Waals surface area contributed by atoms with Gasteiger partial charge in [-0.05, 0) is 43.3 Å². The number of nitrogens with one attached hydrogen (secondary N) is 2. The molecular formula is C23H21N5O2. The number of benzene rings is 3. The normalized spacial score (nSPS) is 10.4. The Morgan fingerprint density at radius 3 is 2.50 bits per heavy atom. The van der Waals surface area contributed by atoms with Crippen LogP contribution in [0.4, 0.5) is 10.5 Å². The Kier molecular flexibility index (Phi) is 5.70. The maximum Gasteiger partial charge on any atom is 0.319 e. The van der Waals surface area contributed by atoms with Gasteiger partial charge >= 0.3 is 6.03 Å². The van der Waals surface area contributed by atoms with E-state index in [0.717, 1.165) is 11.3 Å². The molecule has 4 aromatic rings. The second-order valence-electron chi connectivity index (χ2n) is 6.67. The fourth-order valence-electron chi connectivity index (χ4n) is 2.90. The van der Waals surface area contributed by atoms with E-state index in [1.165, 1.54) is 0 Å². The van der Waals surface area contributed by atoms with Crippen molar-refractivity contribution < 1.29 is 9.53 Å². The number of urea groups is 1. The largest absolute Gasteiger partial charge is 0.455 e. The molecule has 0 aliphatic rings. The monoisotopic (exact) mass is 399 g/mol. The van der Waals surface area contributed by atoms with E-state index in [9.17, 15) is 4.79 Å². The summed E-state index contributed by atoms with van der Waals surface area (Å²) >= 11 is 0. The molecule has 0 bridgehead atoms. The van der Waals surface area contributed by atoms with Crippen molar-refractivity contribution in [2.75, 3.05) is 5.32 Å². The quantitative estimate of drug-likeness (QED) is 0.493. The van der Waals surface area contributed by atoms with Gasteiger partial charge in [-0.2, -0.15) is 0 Å². The lowest BCUT2D eigenvalue weighted by molar-refractivity contribution is 0.251. The molecule has 7 nitrogen and oxygen atoms in total. The van der Waals surface area contributed by atoms with Crippen molar-refractivity contribution in [3.8, 4) is 17.2 Å². The molecule has 0 aliphatic heterocycles. The van der Waals surface area contributed by atoms with Gasteiger partial charge in [-0.3, -0.25) is 4.57 Å². The highest BCUT2D eigenvalue weighted by molar-refractivity contribution is 5.90. The molecule has 4 rings (SSSR count). The fraction of sp³-hybridized carbons (Fsp3) is 0.0870. The maximum atomic E-state index is 12.5. The lowest BCUT2D eigenvalue weighted by atomic mass is 10.2. The Morgan fingerprint density at radius 1 is 0.967 bits per heavy atom. The molecule has 2 amide bonds. The van der Waals surface area contributed by atoms with E-state index in [2.05, 4.69) is 20.8 Å². The first-order valence-electron chi connectivity index (χ1n) is 9.52. The molecule has 30 heavy (non-hydrogen) atoms. The molecule has 1 aromatic heterocycles. The van der Waals surface area contributed by atoms with Crippen LogP contribution in [0.5, 0.6) is 11.5 Å². The smallest absolute Gasteiger partial charge is 0.319 e. The second kappa shape index (κ2) is 8.91. The van der Waals surface area contributed by atoms with Crippen LogP contribution < -0.4 is 15.4 Å². The van der Waals surface area contributed by atoms with Crippen molar-refractivity contribution in [2.45, 2.75) is 13.5 Å². The SMILES string of the molecule is Cc1ccc(Oc2ccccc2NC(=O)NCc2nncn2-c2ccccc2)cc1. The van der Waals surface area contributed by atoms with Crippen molar-refractivity contribution in [3.05, 3.63) is 96.6 Å². The lowest BCUT2D eigenvalue weighted by Gasteiger charge is -2.13. The molecule has 2 N–H and O–H groups in total. The molecule has 0 aliphatic carbocycles. The Morgan fingerprint density at radius 2 is 1.70 bits per heavy atom. The van der Waals surface area contributed by atoms with Gasteiger partial charge in [0.15, 0.2) is 11.6 Å². The van der Waals surface area contributed by atoms with E-state index in [4.69, 9.17) is 4.74 Å². The van der Waals surface area contributed by atoms with E-state index in [1.54, 1.807) is 12.4 Å². The molecule has 1 heterocycles. The number of carbonyl (C=O) groups is 1. The van der Waals surface area contributed by atoms with E-state index < -0.39 is 0 Å². The van der Waals surface area contributed by atoms with Crippen molar-refractivity contribution in [2.24, 2.45) is 0 Å². The first kappa shape index (κ1) is 19.2. The van der Waals surface area contributed by atoms with Crippen molar-refractivity contribution in [3.63, 3.8) is 0 Å². The van der Waals surface area contributed by atoms with Gasteiger partial charge in [-0.15, -0.1) is 10.2 Å². The Balaban J connectivity index is 1.41. The number of aromatic nitrogens is 3. The fourth-order valence-corrected chi connectivity index (χ4v) is 2.90. The summed E-state index contributed by atoms with van der Waals surface area (Å²) in [5.74, 6) is 1.88. The number of amides is 2. The summed E-state index contributed by atoms with van der Waals surface area (Å²) in [5, 5.41) is 13.7. The highest BCUT2D eigenvalue weighted by Gasteiger charge is 2.11. The Labute approximate surface area is 174 Å². The summed E-state index contributed by atoms with van der Waals surface area (Å²) in [5.41, 5.74) is 2.65. The molecule has 0 saturated heterocycles. The molecule has 7 heteroatoms. The zero-order valence-electron chi connectivity index (χ0n) is 16.4. The number of carbonyl (C=O) groups excluding carboxylic acids is 1. The van der Waals surface area contributed by atoms with Crippen molar-refractivity contribution in [1.82, 2.24) is 20.1 Å². The molecule has 0 saturated carbocycles. The zero-order valence-corrected chi connectivity index (χ0v) is 16.4. The number of para-hydroxylation sites is 3. The average Bonchev–Trinajstić information content (AvgIpc) is 3.25. The number of nitrogens with zero attached hydrogens (tertiary/aromatic N) is 3. The summed E-state index contributed by atoms with van der Waals surface area (Å²) in [6, 6.07) is 24.4. The van der Waals surface area contributed by atoms with Crippen LogP contribution in [-0.4, -0.2) is 20.8 Å². The molecule has 0 atom stereocenters. The minimum absolute atomic E-state index is 0.224. The van der Waals surface area contributed by atoms with Crippen LogP contribution in [0.25, 0.3) is 5.69 Å². The van der Waals surface area contributed by atoms with Gasteiger partial charge in [0.1, 0.15) is 12.1 Å². The van der Waals surface area contributed by atoms with Crippen molar-refractivity contribution >= 4 is 11.7 Å². The summed E-state index contributed by atoms with van der Waals surface area (Å²) in [6.45, 7) is 2.24. The third kappa shape index (κ3) is 4.64. The second-order valence-corrected chi connectivity index (χ2v) is 6.67. The predicted molar refractivity (Wildman–Crippen MR) is 115 cm³/mol. The van der Waals surface area contributed by atoms with E-state index >= 15 is 0 Å². The summed E-state index contributed by atoms with van der Waals surface area (Å²) < 4.78 is 7.75. The predicted octanol–water partition coefficient (Wildman–Crippen LogP) is 4.69. The Bertz CT molecular complexity index is 1120. The molecule has 0 spiro atoms. The van der Waals surface area contributed by atoms with Gasteiger partial charge in [-0.1, -0.05) is 48.0 Å². The van der Waals surface area contributed by atoms with Gasteiger partial charge in [0.25, 0.3) is 0 Å². The number of ether oxygens (including phenoxy) is 1. The number of rotatable bonds is 6. The maximum absolute atomic E-state index is 12.5. The van der Waals surface area contributed by atoms with Crippen LogP contribution in [0, 0.1) is 6.92 Å². The van der Waals surface area contributed by atoms with Gasteiger partial charge in [-0.25, -0.2) is 4.79 Å². The van der Waals surface area contributed by atoms with E-state index in [0.29, 0.717) is 23.0 Å². The molecule has 0 unspecified atom stereocenters. The van der Waals surface area contributed by atoms with E-state index in [1.807, 2.05) is 84.3 Å². The molecule has 0 fully saturated rings. The highest BCUT2D eigenvalue weighted by Crippen LogP contribution is 2.29. The number of hydrogen-bond acceptors (Lipinski definition) is 4. The third-order valence-electron chi connectivity index (χ3n) is 4.44. The lowest BCUT2D eigenvalue weighted by Crippen LogP contribution is -2.29. The zero-order chi connectivity index (χ0) is 20.8. The van der Waals surface area contributed by atoms with Crippen LogP contribution >= 0.6 is 0 Å². The van der Waals surface area contributed by atoms with Crippen molar-refractivity contribution in [1.29, 1.82) is 0 Å². The number of aryl methyl sites for hydroxylation is 1. The van der Waals surface area contributed by atoms with E-state index in [-0.39, 0.29) is 12.6 Å². The van der Waals surface area contributed by atoms with Gasteiger partial charge < -0.3 is 15.4 Å². The number of hydrogen-bond donors (Lipinski definition) is 2. The summed E-state index contributed by atoms with van der Waals surface area (Å²) in [7, 11) is 0. The van der Waals surface area contributed by atoms with Gasteiger partial charge in [0, 0.05) is 5.69 Å². The third-order valence-corrected chi connectivity index (χ3v) is 4.44. The molecule has 150 valence electrons. The molecular weight excluding hydrogens is 378 g/mol. The first-order valence-corrected chi connectivity index (χ1v) is 9.52. The topological polar surface area (TPSA) is 81.1 Å². The Hall–Kier alpha value is -4.13. The highest BCUT2D eigenvalue weighted by atomic mass is 16.5. The van der Waals surface area contributed by atoms with Gasteiger partial charge in [0.2, 0.25) is 0 Å². The minimum Gasteiger partial charge on any atom is -0.455 e. The molecule has 3 aromatic carbocycles. The average molecular weight is 399 g/mol. The minimum atomic E-state index is -0.363. The van der Waals surface area contributed by atoms with Crippen LogP contribution in [0.3, 0.4) is 0 Å².